The number of carbonyl (C=O) groups excluding carboxylic acids is 4. The molecule has 1 aliphatic rings. The van der Waals surface area contributed by atoms with Crippen LogP contribution < -0.4 is 15.4 Å². The molecular formula is C24H34N2O10. The molecule has 0 aliphatic carbocycles. The molecule has 0 saturated carbocycles. The van der Waals surface area contributed by atoms with Crippen LogP contribution in [0.3, 0.4) is 0 Å². The van der Waals surface area contributed by atoms with Crippen LogP contribution in [-0.2, 0) is 35.1 Å². The van der Waals surface area contributed by atoms with Crippen molar-refractivity contribution in [3.8, 4) is 5.75 Å². The Morgan fingerprint density at radius 2 is 1.81 bits per heavy atom. The maximum atomic E-state index is 12.9. The number of benzene rings is 1. The Morgan fingerprint density at radius 1 is 1.11 bits per heavy atom. The normalized spacial score (nSPS) is 19.6. The van der Waals surface area contributed by atoms with E-state index in [1.165, 1.54) is 26.2 Å². The van der Waals surface area contributed by atoms with Crippen LogP contribution in [0.1, 0.15) is 56.5 Å². The van der Waals surface area contributed by atoms with Crippen LogP contribution in [0.5, 0.6) is 5.75 Å². The van der Waals surface area contributed by atoms with Gasteiger partial charge in [0, 0.05) is 32.9 Å². The molecule has 36 heavy (non-hydrogen) atoms. The molecule has 0 bridgehead atoms. The van der Waals surface area contributed by atoms with Gasteiger partial charge < -0.3 is 39.4 Å². The number of ether oxygens (including phenoxy) is 5. The minimum atomic E-state index is -1.02. The highest BCUT2D eigenvalue weighted by molar-refractivity contribution is 5.97. The molecule has 1 heterocycles. The van der Waals surface area contributed by atoms with E-state index in [1.54, 1.807) is 26.8 Å². The Balaban J connectivity index is 2.09. The minimum Gasteiger partial charge on any atom is -0.467 e. The smallest absolute Gasteiger partial charge is 0.407 e. The Kier molecular flexibility index (Phi) is 10.5. The predicted molar refractivity (Wildman–Crippen MR) is 125 cm³/mol. The van der Waals surface area contributed by atoms with Crippen LogP contribution in [0.4, 0.5) is 4.79 Å². The first kappa shape index (κ1) is 28.9. The highest BCUT2D eigenvalue weighted by atomic mass is 16.7. The Bertz CT molecular complexity index is 943. The monoisotopic (exact) mass is 510 g/mol. The molecule has 3 N–H and O–H groups in total. The fourth-order valence-corrected chi connectivity index (χ4v) is 3.38. The summed E-state index contributed by atoms with van der Waals surface area (Å²) in [5, 5.41) is 14.7. The summed E-state index contributed by atoms with van der Waals surface area (Å²) in [4.78, 5) is 48.1. The number of aliphatic hydroxyl groups excluding tert-OH is 1. The third-order valence-electron chi connectivity index (χ3n) is 4.85. The van der Waals surface area contributed by atoms with E-state index in [1.807, 2.05) is 0 Å². The van der Waals surface area contributed by atoms with E-state index in [9.17, 15) is 24.3 Å². The first-order valence-corrected chi connectivity index (χ1v) is 11.5. The number of hydrogen-bond acceptors (Lipinski definition) is 10. The lowest BCUT2D eigenvalue weighted by atomic mass is 10.0. The lowest BCUT2D eigenvalue weighted by Gasteiger charge is -2.33. The van der Waals surface area contributed by atoms with Crippen LogP contribution in [0, 0.1) is 0 Å². The zero-order valence-electron chi connectivity index (χ0n) is 21.1. The van der Waals surface area contributed by atoms with Gasteiger partial charge in [0.05, 0.1) is 19.3 Å². The van der Waals surface area contributed by atoms with Gasteiger partial charge in [-0.2, -0.15) is 0 Å². The van der Waals surface area contributed by atoms with Crippen molar-refractivity contribution in [2.24, 2.45) is 0 Å². The quantitative estimate of drug-likeness (QED) is 0.252. The van der Waals surface area contributed by atoms with Crippen LogP contribution in [0.2, 0.25) is 0 Å². The molecule has 3 unspecified atom stereocenters. The average Bonchev–Trinajstić information content (AvgIpc) is 2.79. The van der Waals surface area contributed by atoms with Crippen molar-refractivity contribution in [2.45, 2.75) is 71.2 Å². The highest BCUT2D eigenvalue weighted by Crippen LogP contribution is 2.28. The van der Waals surface area contributed by atoms with Crippen molar-refractivity contribution >= 4 is 23.9 Å². The summed E-state index contributed by atoms with van der Waals surface area (Å²) >= 11 is 0. The number of amides is 2. The molecule has 2 rings (SSSR count). The molecule has 1 aromatic rings. The van der Waals surface area contributed by atoms with Gasteiger partial charge in [-0.05, 0) is 38.5 Å². The van der Waals surface area contributed by atoms with Crippen LogP contribution in [0.25, 0.3) is 0 Å². The molecule has 200 valence electrons. The second kappa shape index (κ2) is 13.1. The third-order valence-corrected chi connectivity index (χ3v) is 4.85. The zero-order chi connectivity index (χ0) is 26.9. The van der Waals surface area contributed by atoms with Crippen molar-refractivity contribution in [3.63, 3.8) is 0 Å². The fourth-order valence-electron chi connectivity index (χ4n) is 3.38. The highest BCUT2D eigenvalue weighted by Gasteiger charge is 2.37. The van der Waals surface area contributed by atoms with Gasteiger partial charge in [0.15, 0.2) is 6.10 Å². The summed E-state index contributed by atoms with van der Waals surface area (Å²) < 4.78 is 26.7. The summed E-state index contributed by atoms with van der Waals surface area (Å²) in [7, 11) is 1.21. The summed E-state index contributed by atoms with van der Waals surface area (Å²) in [5.74, 6) is -1.56. The maximum absolute atomic E-state index is 12.9. The average molecular weight is 511 g/mol. The van der Waals surface area contributed by atoms with Gasteiger partial charge in [0.1, 0.15) is 17.5 Å². The van der Waals surface area contributed by atoms with Crippen molar-refractivity contribution in [2.75, 3.05) is 20.2 Å². The SMILES string of the molecule is COC(=O)C1CC(OC(C)=O)CC(Oc2ccc(CO)cc2C(=O)NCCNC(=O)OC(C)(C)C)O1. The summed E-state index contributed by atoms with van der Waals surface area (Å²) in [5.41, 5.74) is -0.0758. The van der Waals surface area contributed by atoms with E-state index >= 15 is 0 Å². The largest absolute Gasteiger partial charge is 0.467 e. The summed E-state index contributed by atoms with van der Waals surface area (Å²) in [6.45, 7) is 6.38. The van der Waals surface area contributed by atoms with Gasteiger partial charge in [-0.25, -0.2) is 9.59 Å². The molecule has 12 heteroatoms. The van der Waals surface area contributed by atoms with E-state index in [4.69, 9.17) is 23.7 Å². The number of rotatable bonds is 9. The van der Waals surface area contributed by atoms with Crippen molar-refractivity contribution in [1.82, 2.24) is 10.6 Å². The molecule has 0 aromatic heterocycles. The molecule has 12 nitrogen and oxygen atoms in total. The first-order valence-electron chi connectivity index (χ1n) is 11.5. The number of alkyl carbamates (subject to hydrolysis) is 1. The molecule has 0 radical (unpaired) electrons. The molecular weight excluding hydrogens is 476 g/mol. The van der Waals surface area contributed by atoms with E-state index in [-0.39, 0.29) is 43.9 Å². The second-order valence-corrected chi connectivity index (χ2v) is 9.07. The Morgan fingerprint density at radius 3 is 2.42 bits per heavy atom. The fraction of sp³-hybridized carbons (Fsp3) is 0.583. The Hall–Kier alpha value is -3.38. The van der Waals surface area contributed by atoms with E-state index < -0.39 is 48.0 Å². The molecule has 3 atom stereocenters. The van der Waals surface area contributed by atoms with Crippen molar-refractivity contribution < 1.29 is 48.0 Å². The van der Waals surface area contributed by atoms with E-state index in [0.29, 0.717) is 5.56 Å². The topological polar surface area (TPSA) is 159 Å². The number of esters is 2. The van der Waals surface area contributed by atoms with Gasteiger partial charge >= 0.3 is 18.0 Å². The maximum Gasteiger partial charge on any atom is 0.407 e. The number of methoxy groups -OCH3 is 1. The van der Waals surface area contributed by atoms with Gasteiger partial charge in [-0.3, -0.25) is 9.59 Å². The van der Waals surface area contributed by atoms with E-state index in [0.717, 1.165) is 0 Å². The summed E-state index contributed by atoms with van der Waals surface area (Å²) in [6.07, 6.45) is -3.08. The first-order chi connectivity index (χ1) is 16.9. The van der Waals surface area contributed by atoms with E-state index in [2.05, 4.69) is 10.6 Å². The Labute approximate surface area is 209 Å². The van der Waals surface area contributed by atoms with Gasteiger partial charge in [0.2, 0.25) is 6.29 Å². The van der Waals surface area contributed by atoms with Gasteiger partial charge in [-0.15, -0.1) is 0 Å². The molecule has 1 fully saturated rings. The van der Waals surface area contributed by atoms with Crippen molar-refractivity contribution in [3.05, 3.63) is 29.3 Å². The van der Waals surface area contributed by atoms with Crippen LogP contribution >= 0.6 is 0 Å². The molecule has 0 spiro atoms. The minimum absolute atomic E-state index is 0.0970. The third kappa shape index (κ3) is 9.34. The zero-order valence-corrected chi connectivity index (χ0v) is 21.1. The van der Waals surface area contributed by atoms with Gasteiger partial charge in [-0.1, -0.05) is 6.07 Å². The standard InChI is InChI=1S/C24H34N2O10/c1-14(28)33-16-11-19(22(30)32-5)35-20(12-16)34-18-7-6-15(13-27)10-17(18)21(29)25-8-9-26-23(31)36-24(2,3)4/h6-7,10,16,19-20,27H,8-9,11-13H2,1-5H3,(H,25,29)(H,26,31). The number of nitrogens with one attached hydrogen (secondary N) is 2. The van der Waals surface area contributed by atoms with Crippen LogP contribution in [-0.4, -0.2) is 73.3 Å². The second-order valence-electron chi connectivity index (χ2n) is 9.07. The van der Waals surface area contributed by atoms with Crippen molar-refractivity contribution in [1.29, 1.82) is 0 Å². The summed E-state index contributed by atoms with van der Waals surface area (Å²) in [6, 6.07) is 4.52. The number of carbonyl (C=O) groups is 4. The lowest BCUT2D eigenvalue weighted by Crippen LogP contribution is -2.44. The molecule has 1 aliphatic heterocycles. The molecule has 2 amide bonds. The van der Waals surface area contributed by atoms with Gasteiger partial charge in [0.25, 0.3) is 5.91 Å². The predicted octanol–water partition coefficient (Wildman–Crippen LogP) is 1.42. The molecule has 1 saturated heterocycles. The molecule has 1 aromatic carbocycles. The van der Waals surface area contributed by atoms with Crippen LogP contribution in [0.15, 0.2) is 18.2 Å². The lowest BCUT2D eigenvalue weighted by molar-refractivity contribution is -0.204. The number of aliphatic hydroxyl groups is 1. The number of hydrogen-bond donors (Lipinski definition) is 3.